The smallest absolute Gasteiger partial charge is 0.255 e. The van der Waals surface area contributed by atoms with E-state index in [1.54, 1.807) is 12.1 Å². The van der Waals surface area contributed by atoms with Gasteiger partial charge in [-0.15, -0.1) is 0 Å². The number of carbonyl (C=O) groups is 1. The molecule has 7 nitrogen and oxygen atoms in total. The lowest BCUT2D eigenvalue weighted by molar-refractivity contribution is -0.121. The van der Waals surface area contributed by atoms with Gasteiger partial charge in [-0.2, -0.15) is 9.41 Å². The predicted octanol–water partition coefficient (Wildman–Crippen LogP) is 2.23. The predicted molar refractivity (Wildman–Crippen MR) is 103 cm³/mol. The van der Waals surface area contributed by atoms with Crippen LogP contribution >= 0.6 is 15.9 Å². The van der Waals surface area contributed by atoms with Crippen molar-refractivity contribution in [2.24, 2.45) is 5.10 Å². The van der Waals surface area contributed by atoms with Crippen molar-refractivity contribution < 1.29 is 17.9 Å². The fourth-order valence-electron chi connectivity index (χ4n) is 2.02. The van der Waals surface area contributed by atoms with Gasteiger partial charge in [-0.1, -0.05) is 28.1 Å². The number of likely N-dealkylation sites (N-methyl/N-ethyl adjacent to an activating group) is 1. The maximum absolute atomic E-state index is 12.5. The molecule has 0 aliphatic rings. The lowest BCUT2D eigenvalue weighted by Crippen LogP contribution is -2.36. The maximum Gasteiger partial charge on any atom is 0.255 e. The Bertz CT molecular complexity index is 898. The number of nitrogens with one attached hydrogen (secondary N) is 1. The van der Waals surface area contributed by atoms with E-state index < -0.39 is 15.9 Å². The van der Waals surface area contributed by atoms with Gasteiger partial charge in [0.2, 0.25) is 10.0 Å². The SMILES string of the molecule is COc1ccc(S(=O)(=O)N(C)CC(=O)N/N=C\c2cccc(Br)c2)cc1. The molecule has 0 fully saturated rings. The van der Waals surface area contributed by atoms with Gasteiger partial charge in [0.15, 0.2) is 0 Å². The number of nitrogens with zero attached hydrogens (tertiary/aromatic N) is 2. The van der Waals surface area contributed by atoms with Crippen LogP contribution < -0.4 is 10.2 Å². The quantitative estimate of drug-likeness (QED) is 0.529. The van der Waals surface area contributed by atoms with Gasteiger partial charge in [-0.25, -0.2) is 13.8 Å². The first-order valence-corrected chi connectivity index (χ1v) is 9.74. The average Bonchev–Trinajstić information content (AvgIpc) is 2.61. The van der Waals surface area contributed by atoms with E-state index in [-0.39, 0.29) is 11.4 Å². The summed E-state index contributed by atoms with van der Waals surface area (Å²) in [5, 5.41) is 3.83. The summed E-state index contributed by atoms with van der Waals surface area (Å²) in [4.78, 5) is 12.0. The van der Waals surface area contributed by atoms with Gasteiger partial charge in [-0.05, 0) is 42.0 Å². The molecule has 0 unspecified atom stereocenters. The lowest BCUT2D eigenvalue weighted by atomic mass is 10.2. The molecule has 9 heteroatoms. The summed E-state index contributed by atoms with van der Waals surface area (Å²) in [6.45, 7) is -0.357. The lowest BCUT2D eigenvalue weighted by Gasteiger charge is -2.16. The fraction of sp³-hybridized carbons (Fsp3) is 0.176. The molecule has 0 aromatic heterocycles. The molecule has 0 aliphatic heterocycles. The van der Waals surface area contributed by atoms with E-state index >= 15 is 0 Å². The third-order valence-electron chi connectivity index (χ3n) is 3.39. The largest absolute Gasteiger partial charge is 0.497 e. The summed E-state index contributed by atoms with van der Waals surface area (Å²) in [7, 11) is -0.958. The van der Waals surface area contributed by atoms with E-state index in [1.807, 2.05) is 24.3 Å². The molecule has 26 heavy (non-hydrogen) atoms. The number of amides is 1. The zero-order chi connectivity index (χ0) is 19.2. The molecule has 2 rings (SSSR count). The molecule has 0 spiro atoms. The van der Waals surface area contributed by atoms with E-state index in [2.05, 4.69) is 26.5 Å². The summed E-state index contributed by atoms with van der Waals surface area (Å²) < 4.78 is 31.8. The van der Waals surface area contributed by atoms with Crippen molar-refractivity contribution in [1.82, 2.24) is 9.73 Å². The van der Waals surface area contributed by atoms with Crippen LogP contribution in [-0.4, -0.2) is 45.5 Å². The van der Waals surface area contributed by atoms with E-state index in [4.69, 9.17) is 4.74 Å². The van der Waals surface area contributed by atoms with Gasteiger partial charge in [0, 0.05) is 11.5 Å². The Morgan fingerprint density at radius 1 is 1.27 bits per heavy atom. The number of benzene rings is 2. The minimum Gasteiger partial charge on any atom is -0.497 e. The molecule has 0 saturated heterocycles. The molecule has 0 aliphatic carbocycles. The zero-order valence-corrected chi connectivity index (χ0v) is 16.6. The fourth-order valence-corrected chi connectivity index (χ4v) is 3.56. The molecule has 1 amide bonds. The average molecular weight is 440 g/mol. The van der Waals surface area contributed by atoms with Crippen molar-refractivity contribution in [3.63, 3.8) is 0 Å². The van der Waals surface area contributed by atoms with Crippen molar-refractivity contribution in [1.29, 1.82) is 0 Å². The first-order valence-electron chi connectivity index (χ1n) is 7.51. The molecule has 1 N–H and O–H groups in total. The third-order valence-corrected chi connectivity index (χ3v) is 5.70. The number of ether oxygens (including phenoxy) is 1. The Morgan fingerprint density at radius 2 is 1.96 bits per heavy atom. The minimum absolute atomic E-state index is 0.0752. The second-order valence-corrected chi connectivity index (χ2v) is 8.25. The molecule has 0 radical (unpaired) electrons. The summed E-state index contributed by atoms with van der Waals surface area (Å²) in [6, 6.07) is 13.3. The van der Waals surface area contributed by atoms with Crippen LogP contribution in [0.15, 0.2) is 63.0 Å². The molecule has 138 valence electrons. The number of hydrogen-bond acceptors (Lipinski definition) is 5. The third kappa shape index (κ3) is 5.38. The van der Waals surface area contributed by atoms with E-state index in [0.29, 0.717) is 5.75 Å². The first kappa shape index (κ1) is 20.1. The summed E-state index contributed by atoms with van der Waals surface area (Å²) >= 11 is 3.34. The number of methoxy groups -OCH3 is 1. The van der Waals surface area contributed by atoms with Gasteiger partial charge >= 0.3 is 0 Å². The molecule has 0 atom stereocenters. The van der Waals surface area contributed by atoms with E-state index in [9.17, 15) is 13.2 Å². The van der Waals surface area contributed by atoms with Crippen LogP contribution in [0.4, 0.5) is 0 Å². The van der Waals surface area contributed by atoms with Crippen LogP contribution in [0.1, 0.15) is 5.56 Å². The molecule has 0 saturated carbocycles. The molecular formula is C17H18BrN3O4S. The van der Waals surface area contributed by atoms with Crippen LogP contribution in [-0.2, 0) is 14.8 Å². The number of rotatable bonds is 7. The Morgan fingerprint density at radius 3 is 2.58 bits per heavy atom. The van der Waals surface area contributed by atoms with Gasteiger partial charge in [0.05, 0.1) is 24.8 Å². The number of hydrogen-bond donors (Lipinski definition) is 1. The van der Waals surface area contributed by atoms with Gasteiger partial charge in [-0.3, -0.25) is 4.79 Å². The van der Waals surface area contributed by atoms with Crippen LogP contribution in [0.25, 0.3) is 0 Å². The summed E-state index contributed by atoms with van der Waals surface area (Å²) in [6.07, 6.45) is 1.47. The van der Waals surface area contributed by atoms with Crippen LogP contribution in [0.5, 0.6) is 5.75 Å². The van der Waals surface area contributed by atoms with E-state index in [0.717, 1.165) is 14.3 Å². The first-order chi connectivity index (χ1) is 12.3. The Balaban J connectivity index is 1.96. The summed E-state index contributed by atoms with van der Waals surface area (Å²) in [5.74, 6) is 0.00191. The number of sulfonamides is 1. The maximum atomic E-state index is 12.5. The Labute approximate surface area is 160 Å². The van der Waals surface area contributed by atoms with Gasteiger partial charge in [0.25, 0.3) is 5.91 Å². The molecule has 2 aromatic rings. The molecule has 2 aromatic carbocycles. The second-order valence-electron chi connectivity index (χ2n) is 5.28. The van der Waals surface area contributed by atoms with Crippen LogP contribution in [0.2, 0.25) is 0 Å². The van der Waals surface area contributed by atoms with Gasteiger partial charge < -0.3 is 4.74 Å². The normalized spacial score (nSPS) is 11.7. The molecular weight excluding hydrogens is 422 g/mol. The van der Waals surface area contributed by atoms with Crippen LogP contribution in [0, 0.1) is 0 Å². The number of hydrazone groups is 1. The molecule has 0 bridgehead atoms. The standard InChI is InChI=1S/C17H18BrN3O4S/c1-21(26(23,24)16-8-6-15(25-2)7-9-16)12-17(22)20-19-11-13-4-3-5-14(18)10-13/h3-11H,12H2,1-2H3,(H,20,22)/b19-11-. The van der Waals surface area contributed by atoms with Gasteiger partial charge in [0.1, 0.15) is 5.75 Å². The van der Waals surface area contributed by atoms with Crippen molar-refractivity contribution in [3.05, 3.63) is 58.6 Å². The van der Waals surface area contributed by atoms with Crippen molar-refractivity contribution >= 4 is 38.1 Å². The second kappa shape index (κ2) is 8.93. The Kier molecular flexibility index (Phi) is 6.90. The van der Waals surface area contributed by atoms with Crippen molar-refractivity contribution in [2.75, 3.05) is 20.7 Å². The highest BCUT2D eigenvalue weighted by molar-refractivity contribution is 9.10. The highest BCUT2D eigenvalue weighted by atomic mass is 79.9. The molecule has 0 heterocycles. The van der Waals surface area contributed by atoms with Crippen molar-refractivity contribution in [2.45, 2.75) is 4.90 Å². The topological polar surface area (TPSA) is 88.1 Å². The van der Waals surface area contributed by atoms with Crippen molar-refractivity contribution in [3.8, 4) is 5.75 Å². The zero-order valence-electron chi connectivity index (χ0n) is 14.2. The number of carbonyl (C=O) groups excluding carboxylic acids is 1. The summed E-state index contributed by atoms with van der Waals surface area (Å²) in [5.41, 5.74) is 3.10. The number of halogens is 1. The highest BCUT2D eigenvalue weighted by Gasteiger charge is 2.22. The Hall–Kier alpha value is -2.23. The van der Waals surface area contributed by atoms with Crippen LogP contribution in [0.3, 0.4) is 0 Å². The minimum atomic E-state index is -3.78. The monoisotopic (exact) mass is 439 g/mol. The van der Waals surface area contributed by atoms with E-state index in [1.165, 1.54) is 32.5 Å². The highest BCUT2D eigenvalue weighted by Crippen LogP contribution is 2.18.